The molecule has 2 unspecified atom stereocenters. The van der Waals surface area contributed by atoms with Gasteiger partial charge >= 0.3 is 0 Å². The lowest BCUT2D eigenvalue weighted by Crippen LogP contribution is -2.45. The van der Waals surface area contributed by atoms with Gasteiger partial charge in [-0.1, -0.05) is 170 Å². The van der Waals surface area contributed by atoms with Crippen LogP contribution in [0.25, 0.3) is 65.7 Å². The summed E-state index contributed by atoms with van der Waals surface area (Å²) in [5.41, 5.74) is 9.64. The molecule has 1 aromatic heterocycles. The van der Waals surface area contributed by atoms with Gasteiger partial charge in [0.15, 0.2) is 0 Å². The van der Waals surface area contributed by atoms with Crippen molar-refractivity contribution in [2.75, 3.05) is 0 Å². The zero-order valence-corrected chi connectivity index (χ0v) is 27.8. The number of amidine groups is 1. The summed E-state index contributed by atoms with van der Waals surface area (Å²) in [6, 6.07) is 62.1. The van der Waals surface area contributed by atoms with E-state index in [2.05, 4.69) is 174 Å². The Kier molecular flexibility index (Phi) is 7.00. The minimum Gasteiger partial charge on any atom is -0.455 e. The van der Waals surface area contributed by atoms with E-state index in [1.807, 2.05) is 12.1 Å². The molecule has 242 valence electrons. The van der Waals surface area contributed by atoms with Crippen LogP contribution in [0.3, 0.4) is 0 Å². The largest absolute Gasteiger partial charge is 0.455 e. The monoisotopic (exact) mass is 655 g/mol. The maximum absolute atomic E-state index is 6.98. The minimum atomic E-state index is -0.253. The predicted molar refractivity (Wildman–Crippen MR) is 211 cm³/mol. The topological polar surface area (TPSA) is 49.6 Å². The summed E-state index contributed by atoms with van der Waals surface area (Å²) in [5, 5.41) is 14.6. The van der Waals surface area contributed by atoms with Gasteiger partial charge in [0, 0.05) is 27.5 Å². The highest BCUT2D eigenvalue weighted by molar-refractivity contribution is 6.23. The van der Waals surface area contributed by atoms with Crippen molar-refractivity contribution in [3.8, 4) is 22.3 Å². The molecule has 0 amide bonds. The van der Waals surface area contributed by atoms with Gasteiger partial charge < -0.3 is 9.73 Å². The Morgan fingerprint density at radius 3 is 1.84 bits per heavy atom. The Bertz CT molecular complexity index is 2750. The smallest absolute Gasteiger partial charge is 0.143 e. The van der Waals surface area contributed by atoms with E-state index in [-0.39, 0.29) is 12.3 Å². The minimum absolute atomic E-state index is 0.244. The Balaban J connectivity index is 1.22. The summed E-state index contributed by atoms with van der Waals surface area (Å²) < 4.78 is 6.98. The number of nitrogens with zero attached hydrogens (tertiary/aromatic N) is 1. The fraction of sp³-hybridized carbons (Fsp3) is 0.0426. The van der Waals surface area contributed by atoms with Crippen LogP contribution in [0.4, 0.5) is 0 Å². The molecule has 2 heterocycles. The van der Waals surface area contributed by atoms with E-state index in [0.29, 0.717) is 0 Å². The highest BCUT2D eigenvalue weighted by Gasteiger charge is 2.29. The van der Waals surface area contributed by atoms with Gasteiger partial charge in [-0.3, -0.25) is 5.32 Å². The van der Waals surface area contributed by atoms with E-state index in [1.54, 1.807) is 0 Å². The van der Waals surface area contributed by atoms with Crippen molar-refractivity contribution < 1.29 is 4.42 Å². The second kappa shape index (κ2) is 12.1. The maximum Gasteiger partial charge on any atom is 0.143 e. The van der Waals surface area contributed by atoms with E-state index in [9.17, 15) is 0 Å². The fourth-order valence-electron chi connectivity index (χ4n) is 7.79. The Morgan fingerprint density at radius 2 is 1.08 bits per heavy atom. The molecule has 0 saturated heterocycles. The molecule has 0 saturated carbocycles. The number of benzene rings is 8. The number of furan rings is 1. The molecule has 0 fully saturated rings. The van der Waals surface area contributed by atoms with Crippen LogP contribution < -0.4 is 10.6 Å². The molecule has 8 aromatic carbocycles. The predicted octanol–water partition coefficient (Wildman–Crippen LogP) is 11.6. The molecule has 2 atom stereocenters. The second-order valence-electron chi connectivity index (χ2n) is 13.1. The first-order chi connectivity index (χ1) is 25.3. The fourth-order valence-corrected chi connectivity index (χ4v) is 7.79. The lowest BCUT2D eigenvalue weighted by molar-refractivity contribution is 0.411. The zero-order valence-electron chi connectivity index (χ0n) is 27.8. The van der Waals surface area contributed by atoms with Gasteiger partial charge in [-0.2, -0.15) is 0 Å². The van der Waals surface area contributed by atoms with Crippen LogP contribution in [0.2, 0.25) is 0 Å². The molecule has 4 nitrogen and oxygen atoms in total. The normalized spacial score (nSPS) is 16.0. The molecule has 9 aromatic rings. The third-order valence-corrected chi connectivity index (χ3v) is 10.2. The van der Waals surface area contributed by atoms with Gasteiger partial charge in [-0.05, 0) is 49.9 Å². The number of aliphatic imine (C=N–C) groups is 1. The summed E-state index contributed by atoms with van der Waals surface area (Å²) >= 11 is 0. The maximum atomic E-state index is 6.98. The average Bonchev–Trinajstić information content (AvgIpc) is 3.62. The number of hydrogen-bond donors (Lipinski definition) is 2. The highest BCUT2D eigenvalue weighted by atomic mass is 16.3. The quantitative estimate of drug-likeness (QED) is 0.194. The molecule has 0 spiro atoms. The van der Waals surface area contributed by atoms with Gasteiger partial charge in [0.25, 0.3) is 0 Å². The Hall–Kier alpha value is -6.49. The van der Waals surface area contributed by atoms with E-state index in [1.165, 1.54) is 32.7 Å². The van der Waals surface area contributed by atoms with E-state index < -0.39 is 0 Å². The van der Waals surface area contributed by atoms with Gasteiger partial charge in [-0.15, -0.1) is 0 Å². The summed E-state index contributed by atoms with van der Waals surface area (Å²) in [7, 11) is 0. The van der Waals surface area contributed by atoms with Crippen LogP contribution in [-0.4, -0.2) is 5.84 Å². The summed E-state index contributed by atoms with van der Waals surface area (Å²) in [5.74, 6) is 0.852. The van der Waals surface area contributed by atoms with Gasteiger partial charge in [0.05, 0.1) is 0 Å². The zero-order chi connectivity index (χ0) is 33.7. The van der Waals surface area contributed by atoms with Crippen molar-refractivity contribution in [1.29, 1.82) is 0 Å². The number of rotatable bonds is 5. The number of nitrogens with one attached hydrogen (secondary N) is 2. The molecule has 4 heteroatoms. The molecular formula is C47H33N3O. The number of fused-ring (bicyclic) bond motifs is 6. The van der Waals surface area contributed by atoms with Gasteiger partial charge in [-0.25, -0.2) is 4.99 Å². The van der Waals surface area contributed by atoms with Crippen molar-refractivity contribution in [1.82, 2.24) is 10.6 Å². The highest BCUT2D eigenvalue weighted by Crippen LogP contribution is 2.45. The van der Waals surface area contributed by atoms with Crippen molar-refractivity contribution in [2.24, 2.45) is 4.99 Å². The van der Waals surface area contributed by atoms with Gasteiger partial charge in [0.2, 0.25) is 0 Å². The van der Waals surface area contributed by atoms with Crippen LogP contribution in [0, 0.1) is 0 Å². The third-order valence-electron chi connectivity index (χ3n) is 10.2. The molecule has 10 rings (SSSR count). The van der Waals surface area contributed by atoms with E-state index >= 15 is 0 Å². The lowest BCUT2D eigenvalue weighted by Gasteiger charge is -2.32. The first kappa shape index (κ1) is 29.4. The van der Waals surface area contributed by atoms with Crippen molar-refractivity contribution >= 4 is 49.3 Å². The van der Waals surface area contributed by atoms with Crippen molar-refractivity contribution in [3.05, 3.63) is 193 Å². The SMILES string of the molecule is c1ccc(C2=NC(c3ccccc3)NC(c3ccc(-c4ccc(-c5ccccc5)c5ccccc45)c4oc5ccc6ccccc6c5c34)N2)cc1. The Labute approximate surface area is 295 Å². The van der Waals surface area contributed by atoms with Crippen LogP contribution >= 0.6 is 0 Å². The van der Waals surface area contributed by atoms with E-state index in [0.717, 1.165) is 55.6 Å². The Morgan fingerprint density at radius 1 is 0.471 bits per heavy atom. The molecule has 2 N–H and O–H groups in total. The average molecular weight is 656 g/mol. The second-order valence-corrected chi connectivity index (χ2v) is 13.1. The summed E-state index contributed by atoms with van der Waals surface area (Å²) in [4.78, 5) is 5.18. The molecule has 0 radical (unpaired) electrons. The molecule has 0 bridgehead atoms. The summed E-state index contributed by atoms with van der Waals surface area (Å²) in [6.45, 7) is 0. The molecule has 51 heavy (non-hydrogen) atoms. The van der Waals surface area contributed by atoms with Gasteiger partial charge in [0.1, 0.15) is 29.3 Å². The van der Waals surface area contributed by atoms with E-state index in [4.69, 9.17) is 9.41 Å². The molecule has 1 aliphatic heterocycles. The summed E-state index contributed by atoms with van der Waals surface area (Å²) in [6.07, 6.45) is -0.497. The van der Waals surface area contributed by atoms with Crippen LogP contribution in [0.15, 0.2) is 185 Å². The first-order valence-electron chi connectivity index (χ1n) is 17.5. The third kappa shape index (κ3) is 5.00. The molecule has 0 aliphatic carbocycles. The molecule has 1 aliphatic rings. The number of hydrogen-bond acceptors (Lipinski definition) is 4. The lowest BCUT2D eigenvalue weighted by atomic mass is 9.90. The standard InChI is InChI=1S/C47H33N3O/c1-4-14-30(15-5-1)34-25-26-38(37-23-13-12-22-36(34)37)39-27-28-40(43-42-35-21-11-10-16-31(35)24-29-41(42)51-44(39)43)47-49-45(32-17-6-2-7-18-32)48-46(50-47)33-19-8-3-9-20-33/h1-29,45,47,49H,(H,48,50). The van der Waals surface area contributed by atoms with Crippen molar-refractivity contribution in [3.63, 3.8) is 0 Å². The van der Waals surface area contributed by atoms with Crippen LogP contribution in [0.5, 0.6) is 0 Å². The first-order valence-corrected chi connectivity index (χ1v) is 17.5. The van der Waals surface area contributed by atoms with Crippen molar-refractivity contribution in [2.45, 2.75) is 12.3 Å². The van der Waals surface area contributed by atoms with Crippen LogP contribution in [-0.2, 0) is 0 Å². The van der Waals surface area contributed by atoms with Crippen LogP contribution in [0.1, 0.15) is 29.0 Å². The molecular weight excluding hydrogens is 623 g/mol.